The first-order valence-electron chi connectivity index (χ1n) is 9.08. The Balaban J connectivity index is 1.69. The Morgan fingerprint density at radius 2 is 1.42 bits per heavy atom. The van der Waals surface area contributed by atoms with Gasteiger partial charge in [0.15, 0.2) is 0 Å². The SMILES string of the molecule is NC(=O)N1CCC(CCC(c2ccc(F)cc2)c2ccc(F)cc2)CC1. The van der Waals surface area contributed by atoms with Gasteiger partial charge in [-0.05, 0) is 67.0 Å². The molecule has 1 heterocycles. The van der Waals surface area contributed by atoms with E-state index < -0.39 is 0 Å². The molecule has 2 amide bonds. The summed E-state index contributed by atoms with van der Waals surface area (Å²) in [6.07, 6.45) is 3.80. The van der Waals surface area contributed by atoms with Crippen molar-refractivity contribution in [2.75, 3.05) is 13.1 Å². The first-order valence-corrected chi connectivity index (χ1v) is 9.08. The lowest BCUT2D eigenvalue weighted by Crippen LogP contribution is -2.41. The highest BCUT2D eigenvalue weighted by molar-refractivity contribution is 5.72. The largest absolute Gasteiger partial charge is 0.351 e. The number of likely N-dealkylation sites (tertiary alicyclic amines) is 1. The van der Waals surface area contributed by atoms with Gasteiger partial charge in [0.25, 0.3) is 0 Å². The lowest BCUT2D eigenvalue weighted by Gasteiger charge is -2.31. The third-order valence-corrected chi connectivity index (χ3v) is 5.33. The van der Waals surface area contributed by atoms with Crippen LogP contribution in [0.2, 0.25) is 0 Å². The number of primary amides is 1. The number of carbonyl (C=O) groups excluding carboxylic acids is 1. The van der Waals surface area contributed by atoms with E-state index in [0.29, 0.717) is 19.0 Å². The van der Waals surface area contributed by atoms with E-state index in [0.717, 1.165) is 36.8 Å². The molecule has 0 atom stereocenters. The molecule has 0 aromatic heterocycles. The second kappa shape index (κ2) is 8.30. The Bertz CT molecular complexity index is 677. The Kier molecular flexibility index (Phi) is 5.86. The summed E-state index contributed by atoms with van der Waals surface area (Å²) in [7, 11) is 0. The highest BCUT2D eigenvalue weighted by Gasteiger charge is 2.23. The molecule has 0 unspecified atom stereocenters. The molecule has 2 aromatic carbocycles. The van der Waals surface area contributed by atoms with Gasteiger partial charge >= 0.3 is 6.03 Å². The van der Waals surface area contributed by atoms with Gasteiger partial charge < -0.3 is 10.6 Å². The number of nitrogens with zero attached hydrogens (tertiary/aromatic N) is 1. The van der Waals surface area contributed by atoms with E-state index in [2.05, 4.69) is 0 Å². The minimum absolute atomic E-state index is 0.102. The van der Waals surface area contributed by atoms with Crippen LogP contribution < -0.4 is 5.73 Å². The highest BCUT2D eigenvalue weighted by atomic mass is 19.1. The van der Waals surface area contributed by atoms with Gasteiger partial charge in [0, 0.05) is 19.0 Å². The Morgan fingerprint density at radius 3 is 1.85 bits per heavy atom. The van der Waals surface area contributed by atoms with Gasteiger partial charge in [-0.2, -0.15) is 0 Å². The van der Waals surface area contributed by atoms with Crippen molar-refractivity contribution in [3.05, 3.63) is 71.3 Å². The van der Waals surface area contributed by atoms with Crippen molar-refractivity contribution in [1.29, 1.82) is 0 Å². The standard InChI is InChI=1S/C21H24F2N2O/c22-18-6-2-16(3-7-18)20(17-4-8-19(23)9-5-17)10-1-15-11-13-25(14-12-15)21(24)26/h2-9,15,20H,1,10-14H2,(H2,24,26). The van der Waals surface area contributed by atoms with Crippen molar-refractivity contribution in [1.82, 2.24) is 4.90 Å². The fourth-order valence-corrected chi connectivity index (χ4v) is 3.76. The number of hydrogen-bond acceptors (Lipinski definition) is 1. The van der Waals surface area contributed by atoms with E-state index >= 15 is 0 Å². The Morgan fingerprint density at radius 1 is 0.962 bits per heavy atom. The van der Waals surface area contributed by atoms with Gasteiger partial charge in [-0.25, -0.2) is 13.6 Å². The molecule has 0 aliphatic carbocycles. The van der Waals surface area contributed by atoms with Gasteiger partial charge in [0.05, 0.1) is 0 Å². The van der Waals surface area contributed by atoms with E-state index in [1.54, 1.807) is 29.2 Å². The molecule has 1 aliphatic rings. The van der Waals surface area contributed by atoms with Crippen molar-refractivity contribution in [3.8, 4) is 0 Å². The van der Waals surface area contributed by atoms with Crippen LogP contribution in [-0.4, -0.2) is 24.0 Å². The van der Waals surface area contributed by atoms with E-state index in [4.69, 9.17) is 5.73 Å². The first kappa shape index (κ1) is 18.4. The Hall–Kier alpha value is -2.43. The molecule has 2 N–H and O–H groups in total. The summed E-state index contributed by atoms with van der Waals surface area (Å²) in [6, 6.07) is 12.7. The van der Waals surface area contributed by atoms with E-state index in [1.807, 2.05) is 0 Å². The van der Waals surface area contributed by atoms with Crippen LogP contribution in [0, 0.1) is 17.6 Å². The number of amides is 2. The zero-order chi connectivity index (χ0) is 18.5. The minimum atomic E-state index is -0.348. The van der Waals surface area contributed by atoms with Crippen LogP contribution in [0.1, 0.15) is 42.7 Å². The maximum atomic E-state index is 13.3. The number of piperidine rings is 1. The number of carbonyl (C=O) groups is 1. The molecular formula is C21H24F2N2O. The second-order valence-corrected chi connectivity index (χ2v) is 7.00. The molecule has 1 fully saturated rings. The smallest absolute Gasteiger partial charge is 0.314 e. The van der Waals surface area contributed by atoms with Crippen molar-refractivity contribution < 1.29 is 13.6 Å². The molecule has 2 aromatic rings. The van der Waals surface area contributed by atoms with Crippen LogP contribution >= 0.6 is 0 Å². The summed E-state index contributed by atoms with van der Waals surface area (Å²) in [4.78, 5) is 12.9. The molecule has 0 bridgehead atoms. The molecule has 138 valence electrons. The molecule has 5 heteroatoms. The topological polar surface area (TPSA) is 46.3 Å². The minimum Gasteiger partial charge on any atom is -0.351 e. The molecule has 0 spiro atoms. The van der Waals surface area contributed by atoms with Crippen molar-refractivity contribution >= 4 is 6.03 Å². The summed E-state index contributed by atoms with van der Waals surface area (Å²) < 4.78 is 26.6. The quantitative estimate of drug-likeness (QED) is 0.830. The number of rotatable bonds is 5. The summed E-state index contributed by atoms with van der Waals surface area (Å²) in [6.45, 7) is 1.41. The van der Waals surface area contributed by atoms with E-state index in [-0.39, 0.29) is 23.6 Å². The van der Waals surface area contributed by atoms with Crippen LogP contribution in [0.5, 0.6) is 0 Å². The number of halogens is 2. The van der Waals surface area contributed by atoms with Crippen LogP contribution in [-0.2, 0) is 0 Å². The predicted octanol–water partition coefficient (Wildman–Crippen LogP) is 4.67. The van der Waals surface area contributed by atoms with Gasteiger partial charge in [-0.15, -0.1) is 0 Å². The zero-order valence-corrected chi connectivity index (χ0v) is 14.7. The molecule has 3 nitrogen and oxygen atoms in total. The average molecular weight is 358 g/mol. The number of nitrogens with two attached hydrogens (primary N) is 1. The molecule has 1 aliphatic heterocycles. The maximum absolute atomic E-state index is 13.3. The van der Waals surface area contributed by atoms with Gasteiger partial charge in [-0.3, -0.25) is 0 Å². The van der Waals surface area contributed by atoms with Crippen LogP contribution in [0.4, 0.5) is 13.6 Å². The number of urea groups is 1. The summed E-state index contributed by atoms with van der Waals surface area (Å²) in [5, 5.41) is 0. The zero-order valence-electron chi connectivity index (χ0n) is 14.7. The molecular weight excluding hydrogens is 334 g/mol. The van der Waals surface area contributed by atoms with Crippen LogP contribution in [0.3, 0.4) is 0 Å². The third-order valence-electron chi connectivity index (χ3n) is 5.33. The maximum Gasteiger partial charge on any atom is 0.314 e. The molecule has 1 saturated heterocycles. The van der Waals surface area contributed by atoms with Gasteiger partial charge in [-0.1, -0.05) is 24.3 Å². The normalized spacial score (nSPS) is 15.4. The molecule has 0 radical (unpaired) electrons. The molecule has 0 saturated carbocycles. The average Bonchev–Trinajstić information content (AvgIpc) is 2.65. The summed E-state index contributed by atoms with van der Waals surface area (Å²) >= 11 is 0. The van der Waals surface area contributed by atoms with E-state index in [1.165, 1.54) is 24.3 Å². The summed E-state index contributed by atoms with van der Waals surface area (Å²) in [5.74, 6) is 0.121. The van der Waals surface area contributed by atoms with E-state index in [9.17, 15) is 13.6 Å². The predicted molar refractivity (Wildman–Crippen MR) is 97.8 cm³/mol. The lowest BCUT2D eigenvalue weighted by molar-refractivity contribution is 0.175. The van der Waals surface area contributed by atoms with Crippen molar-refractivity contribution in [2.45, 2.75) is 31.6 Å². The molecule has 3 rings (SSSR count). The summed E-state index contributed by atoms with van der Waals surface area (Å²) in [5.41, 5.74) is 7.41. The number of benzene rings is 2. The molecule has 26 heavy (non-hydrogen) atoms. The van der Waals surface area contributed by atoms with Crippen molar-refractivity contribution in [2.24, 2.45) is 11.7 Å². The third kappa shape index (κ3) is 4.59. The van der Waals surface area contributed by atoms with Gasteiger partial charge in [0.1, 0.15) is 11.6 Å². The number of hydrogen-bond donors (Lipinski definition) is 1. The lowest BCUT2D eigenvalue weighted by atomic mass is 9.83. The highest BCUT2D eigenvalue weighted by Crippen LogP contribution is 2.33. The van der Waals surface area contributed by atoms with Crippen LogP contribution in [0.25, 0.3) is 0 Å². The van der Waals surface area contributed by atoms with Crippen molar-refractivity contribution in [3.63, 3.8) is 0 Å². The Labute approximate surface area is 152 Å². The van der Waals surface area contributed by atoms with Crippen LogP contribution in [0.15, 0.2) is 48.5 Å². The fourth-order valence-electron chi connectivity index (χ4n) is 3.76. The van der Waals surface area contributed by atoms with Gasteiger partial charge in [0.2, 0.25) is 0 Å². The monoisotopic (exact) mass is 358 g/mol. The fraction of sp³-hybridized carbons (Fsp3) is 0.381. The first-order chi connectivity index (χ1) is 12.5. The second-order valence-electron chi connectivity index (χ2n) is 7.00.